The maximum absolute atomic E-state index is 13.1. The summed E-state index contributed by atoms with van der Waals surface area (Å²) in [6, 6.07) is 15.5. The second kappa shape index (κ2) is 7.92. The number of ether oxygens (including phenoxy) is 2. The smallest absolute Gasteiger partial charge is 0.272 e. The zero-order valence-electron chi connectivity index (χ0n) is 16.3. The molecule has 1 saturated heterocycles. The number of hydrogen-bond acceptors (Lipinski definition) is 4. The number of carbonyl (C=O) groups excluding carboxylic acids is 1. The van der Waals surface area contributed by atoms with Crippen molar-refractivity contribution in [1.29, 1.82) is 0 Å². The molecule has 6 nitrogen and oxygen atoms in total. The van der Waals surface area contributed by atoms with Gasteiger partial charge in [-0.15, -0.1) is 0 Å². The lowest BCUT2D eigenvalue weighted by atomic mass is 10.1. The van der Waals surface area contributed by atoms with Crippen LogP contribution < -0.4 is 9.47 Å². The van der Waals surface area contributed by atoms with E-state index in [1.165, 1.54) is 0 Å². The number of carbonyl (C=O) groups is 1. The number of likely N-dealkylation sites (tertiary alicyclic amines) is 1. The van der Waals surface area contributed by atoms with Crippen LogP contribution in [0.5, 0.6) is 11.5 Å². The highest BCUT2D eigenvalue weighted by molar-refractivity contribution is 6.05. The largest absolute Gasteiger partial charge is 0.494 e. The quantitative estimate of drug-likeness (QED) is 0.679. The van der Waals surface area contributed by atoms with E-state index in [0.717, 1.165) is 35.2 Å². The summed E-state index contributed by atoms with van der Waals surface area (Å²) in [6.45, 7) is 3.95. The van der Waals surface area contributed by atoms with Crippen LogP contribution in [0, 0.1) is 0 Å². The molecule has 0 radical (unpaired) electrons. The van der Waals surface area contributed by atoms with Gasteiger partial charge in [-0.3, -0.25) is 9.48 Å². The predicted molar refractivity (Wildman–Crippen MR) is 108 cm³/mol. The third-order valence-corrected chi connectivity index (χ3v) is 5.09. The lowest BCUT2D eigenvalue weighted by molar-refractivity contribution is 0.0587. The van der Waals surface area contributed by atoms with E-state index in [-0.39, 0.29) is 12.0 Å². The SMILES string of the molecule is CCOc1cccc(OC2CCN(C(=O)c3c4ccccc4nn3C)CC2)c1. The van der Waals surface area contributed by atoms with Crippen LogP contribution in [0.15, 0.2) is 48.5 Å². The summed E-state index contributed by atoms with van der Waals surface area (Å²) in [7, 11) is 1.83. The molecule has 1 aliphatic heterocycles. The number of fused-ring (bicyclic) bond motifs is 1. The third kappa shape index (κ3) is 3.67. The van der Waals surface area contributed by atoms with E-state index in [1.807, 2.05) is 67.4 Å². The van der Waals surface area contributed by atoms with Crippen LogP contribution in [0.25, 0.3) is 10.9 Å². The number of rotatable bonds is 5. The normalized spacial score (nSPS) is 15.0. The first kappa shape index (κ1) is 18.3. The maximum Gasteiger partial charge on any atom is 0.272 e. The summed E-state index contributed by atoms with van der Waals surface area (Å²) in [5.74, 6) is 1.66. The summed E-state index contributed by atoms with van der Waals surface area (Å²) in [5.41, 5.74) is 1.50. The summed E-state index contributed by atoms with van der Waals surface area (Å²) < 4.78 is 13.3. The lowest BCUT2D eigenvalue weighted by Crippen LogP contribution is -2.42. The highest BCUT2D eigenvalue weighted by atomic mass is 16.5. The van der Waals surface area contributed by atoms with Crippen molar-refractivity contribution >= 4 is 16.8 Å². The van der Waals surface area contributed by atoms with Crippen LogP contribution in [0.4, 0.5) is 0 Å². The fourth-order valence-corrected chi connectivity index (χ4v) is 3.72. The predicted octanol–water partition coefficient (Wildman–Crippen LogP) is 3.66. The van der Waals surface area contributed by atoms with Gasteiger partial charge in [0.15, 0.2) is 0 Å². The molecule has 2 heterocycles. The van der Waals surface area contributed by atoms with Crippen molar-refractivity contribution < 1.29 is 14.3 Å². The molecule has 1 aliphatic rings. The van der Waals surface area contributed by atoms with Gasteiger partial charge in [0.05, 0.1) is 12.1 Å². The first-order valence-corrected chi connectivity index (χ1v) is 9.76. The molecule has 3 aromatic rings. The summed E-state index contributed by atoms with van der Waals surface area (Å²) in [6.07, 6.45) is 1.71. The highest BCUT2D eigenvalue weighted by Crippen LogP contribution is 2.25. The molecule has 0 unspecified atom stereocenters. The minimum atomic E-state index is 0.0352. The average molecular weight is 379 g/mol. The van der Waals surface area contributed by atoms with E-state index < -0.39 is 0 Å². The summed E-state index contributed by atoms with van der Waals surface area (Å²) in [4.78, 5) is 15.0. The molecule has 0 N–H and O–H groups in total. The molecule has 0 aliphatic carbocycles. The van der Waals surface area contributed by atoms with E-state index in [9.17, 15) is 4.79 Å². The molecule has 1 amide bonds. The van der Waals surface area contributed by atoms with Gasteiger partial charge in [0.2, 0.25) is 0 Å². The van der Waals surface area contributed by atoms with Gasteiger partial charge in [0, 0.05) is 44.4 Å². The van der Waals surface area contributed by atoms with Crippen molar-refractivity contribution in [2.75, 3.05) is 19.7 Å². The van der Waals surface area contributed by atoms with E-state index in [2.05, 4.69) is 5.10 Å². The van der Waals surface area contributed by atoms with Crippen molar-refractivity contribution in [3.8, 4) is 11.5 Å². The Morgan fingerprint density at radius 3 is 2.64 bits per heavy atom. The molecule has 6 heteroatoms. The van der Waals surface area contributed by atoms with Crippen molar-refractivity contribution in [3.05, 3.63) is 54.2 Å². The number of benzene rings is 2. The first-order chi connectivity index (χ1) is 13.7. The van der Waals surface area contributed by atoms with Crippen molar-refractivity contribution in [3.63, 3.8) is 0 Å². The molecule has 0 saturated carbocycles. The van der Waals surface area contributed by atoms with Gasteiger partial charge < -0.3 is 14.4 Å². The number of nitrogens with zero attached hydrogens (tertiary/aromatic N) is 3. The van der Waals surface area contributed by atoms with Crippen LogP contribution in [0.2, 0.25) is 0 Å². The van der Waals surface area contributed by atoms with Gasteiger partial charge in [0.1, 0.15) is 23.3 Å². The molecular weight excluding hydrogens is 354 g/mol. The molecule has 146 valence electrons. The molecule has 0 atom stereocenters. The molecule has 0 spiro atoms. The fraction of sp³-hybridized carbons (Fsp3) is 0.364. The second-order valence-electron chi connectivity index (χ2n) is 7.01. The second-order valence-corrected chi connectivity index (χ2v) is 7.01. The molecule has 1 aromatic heterocycles. The van der Waals surface area contributed by atoms with E-state index in [1.54, 1.807) is 4.68 Å². The number of piperidine rings is 1. The lowest BCUT2D eigenvalue weighted by Gasteiger charge is -2.32. The van der Waals surface area contributed by atoms with Crippen molar-refractivity contribution in [2.24, 2.45) is 7.05 Å². The standard InChI is InChI=1S/C22H25N3O3/c1-3-27-17-7-6-8-18(15-17)28-16-11-13-25(14-12-16)22(26)21-19-9-4-5-10-20(19)23-24(21)2/h4-10,15-16H,3,11-14H2,1-2H3. The zero-order chi connectivity index (χ0) is 19.5. The average Bonchev–Trinajstić information content (AvgIpc) is 3.04. The monoisotopic (exact) mass is 379 g/mol. The number of aryl methyl sites for hydroxylation is 1. The van der Waals surface area contributed by atoms with Gasteiger partial charge in [0.25, 0.3) is 5.91 Å². The molecular formula is C22H25N3O3. The van der Waals surface area contributed by atoms with Crippen LogP contribution in [-0.2, 0) is 7.05 Å². The molecule has 4 rings (SSSR count). The number of amides is 1. The Kier molecular flexibility index (Phi) is 5.19. The van der Waals surface area contributed by atoms with E-state index >= 15 is 0 Å². The van der Waals surface area contributed by atoms with Gasteiger partial charge in [-0.2, -0.15) is 5.10 Å². The van der Waals surface area contributed by atoms with Gasteiger partial charge >= 0.3 is 0 Å². The van der Waals surface area contributed by atoms with E-state index in [4.69, 9.17) is 9.47 Å². The van der Waals surface area contributed by atoms with Gasteiger partial charge in [-0.25, -0.2) is 0 Å². The Morgan fingerprint density at radius 1 is 1.11 bits per heavy atom. The molecule has 28 heavy (non-hydrogen) atoms. The zero-order valence-corrected chi connectivity index (χ0v) is 16.3. The minimum Gasteiger partial charge on any atom is -0.494 e. The Morgan fingerprint density at radius 2 is 1.86 bits per heavy atom. The Balaban J connectivity index is 1.40. The molecule has 2 aromatic carbocycles. The fourth-order valence-electron chi connectivity index (χ4n) is 3.72. The topological polar surface area (TPSA) is 56.6 Å². The van der Waals surface area contributed by atoms with Crippen LogP contribution >= 0.6 is 0 Å². The first-order valence-electron chi connectivity index (χ1n) is 9.76. The Bertz CT molecular complexity index is 974. The summed E-state index contributed by atoms with van der Waals surface area (Å²) >= 11 is 0. The maximum atomic E-state index is 13.1. The molecule has 1 fully saturated rings. The Labute approximate surface area is 164 Å². The number of hydrogen-bond donors (Lipinski definition) is 0. The third-order valence-electron chi connectivity index (χ3n) is 5.09. The van der Waals surface area contributed by atoms with Crippen molar-refractivity contribution in [2.45, 2.75) is 25.9 Å². The van der Waals surface area contributed by atoms with Gasteiger partial charge in [-0.05, 0) is 25.1 Å². The highest BCUT2D eigenvalue weighted by Gasteiger charge is 2.27. The van der Waals surface area contributed by atoms with Gasteiger partial charge in [-0.1, -0.05) is 24.3 Å². The van der Waals surface area contributed by atoms with Crippen LogP contribution in [0.3, 0.4) is 0 Å². The van der Waals surface area contributed by atoms with E-state index in [0.29, 0.717) is 25.4 Å². The van der Waals surface area contributed by atoms with Crippen LogP contribution in [-0.4, -0.2) is 46.4 Å². The minimum absolute atomic E-state index is 0.0352. The van der Waals surface area contributed by atoms with Crippen molar-refractivity contribution in [1.82, 2.24) is 14.7 Å². The molecule has 0 bridgehead atoms. The Hall–Kier alpha value is -3.02. The summed E-state index contributed by atoms with van der Waals surface area (Å²) in [5, 5.41) is 5.36. The number of aromatic nitrogens is 2. The van der Waals surface area contributed by atoms with Crippen LogP contribution in [0.1, 0.15) is 30.3 Å².